The smallest absolute Gasteiger partial charge is 0.251 e. The zero-order valence-corrected chi connectivity index (χ0v) is 11.7. The van der Waals surface area contributed by atoms with Gasteiger partial charge in [-0.1, -0.05) is 23.4 Å². The molecule has 1 atom stereocenters. The van der Waals surface area contributed by atoms with Crippen LogP contribution >= 0.6 is 23.4 Å². The summed E-state index contributed by atoms with van der Waals surface area (Å²) in [6.07, 6.45) is 1.42. The zero-order valence-electron chi connectivity index (χ0n) is 10.1. The lowest BCUT2D eigenvalue weighted by Crippen LogP contribution is -2.15. The van der Waals surface area contributed by atoms with Gasteiger partial charge in [0, 0.05) is 22.8 Å². The molecule has 98 valence electrons. The minimum atomic E-state index is -0.341. The quantitative estimate of drug-likeness (QED) is 0.535. The van der Waals surface area contributed by atoms with Crippen LogP contribution in [0.3, 0.4) is 0 Å². The highest BCUT2D eigenvalue weighted by Crippen LogP contribution is 2.22. The summed E-state index contributed by atoms with van der Waals surface area (Å²) >= 11 is 6.99. The Morgan fingerprint density at radius 3 is 2.63 bits per heavy atom. The van der Waals surface area contributed by atoms with Crippen molar-refractivity contribution in [2.75, 3.05) is 0 Å². The Hall–Kier alpha value is -1.59. The fourth-order valence-corrected chi connectivity index (χ4v) is 2.47. The molecule has 0 saturated carbocycles. The molecule has 1 aromatic carbocycles. The van der Waals surface area contributed by atoms with E-state index < -0.39 is 0 Å². The number of carbonyl (C=O) groups excluding carboxylic acids is 1. The molecule has 0 saturated heterocycles. The Bertz CT molecular complexity index is 640. The fraction of sp³-hybridized carbons (Fsp3) is 0.154. The minimum Gasteiger partial charge on any atom is -0.301 e. The maximum Gasteiger partial charge on any atom is 0.251 e. The van der Waals surface area contributed by atoms with E-state index in [-0.39, 0.29) is 16.6 Å². The fourth-order valence-electron chi connectivity index (χ4n) is 1.48. The molecule has 0 amide bonds. The Labute approximate surface area is 119 Å². The van der Waals surface area contributed by atoms with Crippen LogP contribution < -0.4 is 5.56 Å². The van der Waals surface area contributed by atoms with Gasteiger partial charge < -0.3 is 4.98 Å². The molecule has 1 heterocycles. The summed E-state index contributed by atoms with van der Waals surface area (Å²) in [7, 11) is 0. The van der Waals surface area contributed by atoms with Crippen molar-refractivity contribution in [3.63, 3.8) is 0 Å². The lowest BCUT2D eigenvalue weighted by atomic mass is 10.1. The van der Waals surface area contributed by atoms with Crippen molar-refractivity contribution < 1.29 is 4.79 Å². The summed E-state index contributed by atoms with van der Waals surface area (Å²) in [6.45, 7) is 1.77. The van der Waals surface area contributed by atoms with Gasteiger partial charge in [0.25, 0.3) is 5.56 Å². The first kappa shape index (κ1) is 13.8. The van der Waals surface area contributed by atoms with E-state index in [0.717, 1.165) is 0 Å². The lowest BCUT2D eigenvalue weighted by molar-refractivity contribution is 0.0994. The van der Waals surface area contributed by atoms with Crippen LogP contribution in [0.15, 0.2) is 46.5 Å². The second-order valence-electron chi connectivity index (χ2n) is 3.87. The minimum absolute atomic E-state index is 0.0341. The maximum absolute atomic E-state index is 12.2. The van der Waals surface area contributed by atoms with Gasteiger partial charge in [-0.25, -0.2) is 4.98 Å². The van der Waals surface area contributed by atoms with Crippen molar-refractivity contribution >= 4 is 29.1 Å². The van der Waals surface area contributed by atoms with Crippen LogP contribution in [0.5, 0.6) is 0 Å². The highest BCUT2D eigenvalue weighted by molar-refractivity contribution is 8.00. The summed E-state index contributed by atoms with van der Waals surface area (Å²) in [5.74, 6) is -0.0341. The Kier molecular flexibility index (Phi) is 4.39. The number of Topliss-reactive ketones (excluding diaryl/α,β-unsaturated/α-hetero) is 1. The molecular weight excluding hydrogens is 284 g/mol. The van der Waals surface area contributed by atoms with Crippen molar-refractivity contribution in [3.8, 4) is 0 Å². The van der Waals surface area contributed by atoms with Crippen molar-refractivity contribution in [2.45, 2.75) is 17.3 Å². The Balaban J connectivity index is 2.11. The zero-order chi connectivity index (χ0) is 13.8. The lowest BCUT2D eigenvalue weighted by Gasteiger charge is -2.09. The Morgan fingerprint density at radius 2 is 2.00 bits per heavy atom. The number of H-pyrrole nitrogens is 1. The van der Waals surface area contributed by atoms with Crippen LogP contribution in [-0.4, -0.2) is 21.0 Å². The van der Waals surface area contributed by atoms with Crippen molar-refractivity contribution in [1.29, 1.82) is 0 Å². The van der Waals surface area contributed by atoms with E-state index in [1.165, 1.54) is 24.0 Å². The van der Waals surface area contributed by atoms with Gasteiger partial charge in [0.05, 0.1) is 5.25 Å². The molecule has 1 aromatic heterocycles. The third-order valence-corrected chi connectivity index (χ3v) is 3.68. The number of ketones is 1. The van der Waals surface area contributed by atoms with Crippen LogP contribution in [0, 0.1) is 0 Å². The molecule has 0 aliphatic heterocycles. The SMILES string of the molecule is CC(Sc1nccc(=O)[nH]1)C(=O)c1ccc(Cl)cc1. The number of hydrogen-bond donors (Lipinski definition) is 1. The van der Waals surface area contributed by atoms with Crippen molar-refractivity contribution in [3.05, 3.63) is 57.5 Å². The number of hydrogen-bond acceptors (Lipinski definition) is 4. The molecule has 1 unspecified atom stereocenters. The third kappa shape index (κ3) is 3.68. The van der Waals surface area contributed by atoms with Crippen molar-refractivity contribution in [2.24, 2.45) is 0 Å². The number of carbonyl (C=O) groups is 1. The van der Waals surface area contributed by atoms with E-state index in [1.807, 2.05) is 0 Å². The van der Waals surface area contributed by atoms with E-state index in [1.54, 1.807) is 31.2 Å². The number of thioether (sulfide) groups is 1. The van der Waals surface area contributed by atoms with Crippen LogP contribution in [0.4, 0.5) is 0 Å². The number of benzene rings is 1. The van der Waals surface area contributed by atoms with Crippen LogP contribution in [-0.2, 0) is 0 Å². The molecule has 0 radical (unpaired) electrons. The number of halogens is 1. The van der Waals surface area contributed by atoms with Crippen LogP contribution in [0.1, 0.15) is 17.3 Å². The molecule has 19 heavy (non-hydrogen) atoms. The molecule has 0 bridgehead atoms. The predicted molar refractivity (Wildman–Crippen MR) is 76.0 cm³/mol. The largest absolute Gasteiger partial charge is 0.301 e. The van der Waals surface area contributed by atoms with E-state index >= 15 is 0 Å². The van der Waals surface area contributed by atoms with Crippen molar-refractivity contribution in [1.82, 2.24) is 9.97 Å². The maximum atomic E-state index is 12.2. The van der Waals surface area contributed by atoms with E-state index in [0.29, 0.717) is 15.7 Å². The summed E-state index contributed by atoms with van der Waals surface area (Å²) in [6, 6.07) is 8.05. The Morgan fingerprint density at radius 1 is 1.32 bits per heavy atom. The van der Waals surface area contributed by atoms with Gasteiger partial charge in [-0.15, -0.1) is 0 Å². The third-order valence-electron chi connectivity index (χ3n) is 2.43. The first-order valence-corrected chi connectivity index (χ1v) is 6.84. The van der Waals surface area contributed by atoms with E-state index in [9.17, 15) is 9.59 Å². The monoisotopic (exact) mass is 294 g/mol. The van der Waals surface area contributed by atoms with Gasteiger partial charge in [0.15, 0.2) is 10.9 Å². The normalized spacial score (nSPS) is 12.1. The topological polar surface area (TPSA) is 62.8 Å². The average Bonchev–Trinajstić information content (AvgIpc) is 2.39. The summed E-state index contributed by atoms with van der Waals surface area (Å²) in [4.78, 5) is 29.9. The highest BCUT2D eigenvalue weighted by Gasteiger charge is 2.17. The van der Waals surface area contributed by atoms with Gasteiger partial charge in [-0.05, 0) is 31.2 Å². The van der Waals surface area contributed by atoms with Gasteiger partial charge in [-0.2, -0.15) is 0 Å². The molecule has 1 N–H and O–H groups in total. The number of rotatable bonds is 4. The summed E-state index contributed by atoms with van der Waals surface area (Å²) < 4.78 is 0. The van der Waals surface area contributed by atoms with Crippen LogP contribution in [0.25, 0.3) is 0 Å². The molecular formula is C13H11ClN2O2S. The standard InChI is InChI=1S/C13H11ClN2O2S/c1-8(19-13-15-7-6-11(17)16-13)12(18)9-2-4-10(14)5-3-9/h2-8H,1H3,(H,15,16,17). The van der Waals surface area contributed by atoms with Gasteiger partial charge in [0.2, 0.25) is 0 Å². The summed E-state index contributed by atoms with van der Waals surface area (Å²) in [5, 5.41) is 0.681. The van der Waals surface area contributed by atoms with E-state index in [2.05, 4.69) is 9.97 Å². The van der Waals surface area contributed by atoms with E-state index in [4.69, 9.17) is 11.6 Å². The van der Waals surface area contributed by atoms with Crippen LogP contribution in [0.2, 0.25) is 5.02 Å². The molecule has 0 fully saturated rings. The van der Waals surface area contributed by atoms with Gasteiger partial charge in [-0.3, -0.25) is 9.59 Å². The predicted octanol–water partition coefficient (Wildman–Crippen LogP) is 2.79. The molecule has 2 rings (SSSR count). The molecule has 6 heteroatoms. The summed E-state index contributed by atoms with van der Waals surface area (Å²) in [5.41, 5.74) is 0.353. The first-order chi connectivity index (χ1) is 9.06. The molecule has 2 aromatic rings. The number of aromatic nitrogens is 2. The number of nitrogens with zero attached hydrogens (tertiary/aromatic N) is 1. The molecule has 0 aliphatic carbocycles. The highest BCUT2D eigenvalue weighted by atomic mass is 35.5. The second kappa shape index (κ2) is 6.04. The second-order valence-corrected chi connectivity index (χ2v) is 5.64. The molecule has 0 spiro atoms. The molecule has 4 nitrogen and oxygen atoms in total. The first-order valence-electron chi connectivity index (χ1n) is 5.58. The number of aromatic amines is 1. The van der Waals surface area contributed by atoms with Gasteiger partial charge in [0.1, 0.15) is 0 Å². The average molecular weight is 295 g/mol. The molecule has 0 aliphatic rings. The van der Waals surface area contributed by atoms with Gasteiger partial charge >= 0.3 is 0 Å². The number of nitrogens with one attached hydrogen (secondary N) is 1.